The zero-order valence-corrected chi connectivity index (χ0v) is 25.9. The normalized spacial score (nSPS) is 14.0. The Morgan fingerprint density at radius 3 is 1.58 bits per heavy atom. The highest BCUT2D eigenvalue weighted by Gasteiger charge is 2.31. The van der Waals surface area contributed by atoms with E-state index in [0.717, 1.165) is 18.1 Å². The first-order valence-electron chi connectivity index (χ1n) is 14.3. The summed E-state index contributed by atoms with van der Waals surface area (Å²) in [5, 5.41) is 2.55. The van der Waals surface area contributed by atoms with E-state index >= 15 is 0 Å². The molecule has 0 saturated heterocycles. The van der Waals surface area contributed by atoms with Gasteiger partial charge in [-0.05, 0) is 38.8 Å². The second-order valence-corrected chi connectivity index (χ2v) is 9.95. The number of carbonyl (C=O) groups is 6. The van der Waals surface area contributed by atoms with Gasteiger partial charge in [-0.15, -0.1) is 0 Å². The van der Waals surface area contributed by atoms with Crippen LogP contribution in [-0.4, -0.2) is 79.4 Å². The lowest BCUT2D eigenvalue weighted by atomic mass is 10.1. The first-order chi connectivity index (χ1) is 21.4. The molecule has 2 aromatic rings. The topological polar surface area (TPSA) is 170 Å². The van der Waals surface area contributed by atoms with Crippen molar-refractivity contribution in [2.24, 2.45) is 0 Å². The lowest BCUT2D eigenvalue weighted by Gasteiger charge is -2.22. The molecule has 244 valence electrons. The third kappa shape index (κ3) is 13.6. The van der Waals surface area contributed by atoms with Gasteiger partial charge in [-0.3, -0.25) is 9.59 Å². The van der Waals surface area contributed by atoms with Gasteiger partial charge in [0.2, 0.25) is 0 Å². The first-order valence-corrected chi connectivity index (χ1v) is 14.3. The zero-order chi connectivity index (χ0) is 33.4. The monoisotopic (exact) mass is 629 g/mol. The summed E-state index contributed by atoms with van der Waals surface area (Å²) in [5.74, 6) is -5.33. The van der Waals surface area contributed by atoms with Crippen LogP contribution in [0.2, 0.25) is 0 Å². The van der Waals surface area contributed by atoms with E-state index in [1.807, 2.05) is 36.4 Å². The molecule has 13 heteroatoms. The summed E-state index contributed by atoms with van der Waals surface area (Å²) < 4.78 is 30.6. The fourth-order valence-electron chi connectivity index (χ4n) is 3.66. The van der Waals surface area contributed by atoms with Crippen LogP contribution in [0.1, 0.15) is 45.7 Å². The molecule has 2 aromatic carbocycles. The maximum Gasteiger partial charge on any atom is 0.347 e. The second-order valence-electron chi connectivity index (χ2n) is 9.95. The molecule has 0 spiro atoms. The van der Waals surface area contributed by atoms with Crippen LogP contribution in [0, 0.1) is 0 Å². The highest BCUT2D eigenvalue weighted by molar-refractivity contribution is 5.89. The van der Waals surface area contributed by atoms with Gasteiger partial charge in [0.15, 0.2) is 24.4 Å². The Labute approximate surface area is 261 Å². The smallest absolute Gasteiger partial charge is 0.347 e. The molecule has 0 aromatic heterocycles. The Hall–Kier alpha value is -4.78. The largest absolute Gasteiger partial charge is 0.462 e. The van der Waals surface area contributed by atoms with E-state index in [2.05, 4.69) is 10.1 Å². The Balaban J connectivity index is 1.88. The van der Waals surface area contributed by atoms with Crippen LogP contribution in [-0.2, 0) is 70.2 Å². The minimum absolute atomic E-state index is 0.0450. The summed E-state index contributed by atoms with van der Waals surface area (Å²) in [4.78, 5) is 73.6. The van der Waals surface area contributed by atoms with Crippen LogP contribution in [0.4, 0.5) is 0 Å². The van der Waals surface area contributed by atoms with Gasteiger partial charge >= 0.3 is 29.8 Å². The number of amides is 1. The van der Waals surface area contributed by atoms with Gasteiger partial charge in [-0.1, -0.05) is 60.7 Å². The number of carbonyl (C=O) groups excluding carboxylic acids is 6. The maximum absolute atomic E-state index is 12.9. The number of nitrogens with one attached hydrogen (secondary N) is 1. The van der Waals surface area contributed by atoms with Gasteiger partial charge < -0.3 is 33.7 Å². The molecule has 0 heterocycles. The Morgan fingerprint density at radius 2 is 1.07 bits per heavy atom. The standard InChI is InChI=1S/C32H39NO12/c1-20(43-30(37)22(3)45-31(38)23(4)44-29(36)21(2)42-24(5)34)28(35)33-27(18-25-12-8-6-9-13-25)32(39)41-17-16-40-19-26-14-10-7-11-15-26/h6-15,20-23,27H,16-19H2,1-5H3,(H,33,35). The molecule has 0 aliphatic rings. The molecule has 0 bridgehead atoms. The lowest BCUT2D eigenvalue weighted by molar-refractivity contribution is -0.183. The molecular formula is C32H39NO12. The predicted molar refractivity (Wildman–Crippen MR) is 157 cm³/mol. The molecule has 0 aliphatic heterocycles. The van der Waals surface area contributed by atoms with Crippen molar-refractivity contribution >= 4 is 35.8 Å². The van der Waals surface area contributed by atoms with Gasteiger partial charge in [0.25, 0.3) is 5.91 Å². The molecule has 5 unspecified atom stereocenters. The molecule has 2 rings (SSSR count). The van der Waals surface area contributed by atoms with Crippen molar-refractivity contribution in [2.75, 3.05) is 13.2 Å². The van der Waals surface area contributed by atoms with Crippen LogP contribution in [0.15, 0.2) is 60.7 Å². The zero-order valence-electron chi connectivity index (χ0n) is 25.9. The van der Waals surface area contributed by atoms with Gasteiger partial charge in [-0.25, -0.2) is 19.2 Å². The summed E-state index contributed by atoms with van der Waals surface area (Å²) in [6.07, 6.45) is -5.42. The molecule has 45 heavy (non-hydrogen) atoms. The summed E-state index contributed by atoms with van der Waals surface area (Å²) in [7, 11) is 0. The summed E-state index contributed by atoms with van der Waals surface area (Å²) in [5.41, 5.74) is 1.72. The average molecular weight is 630 g/mol. The van der Waals surface area contributed by atoms with E-state index in [0.29, 0.717) is 6.61 Å². The van der Waals surface area contributed by atoms with E-state index in [1.165, 1.54) is 27.7 Å². The first kappa shape index (κ1) is 36.4. The Bertz CT molecular complexity index is 1280. The lowest BCUT2D eigenvalue weighted by Crippen LogP contribution is -2.48. The maximum atomic E-state index is 12.9. The Kier molecular flexibility index (Phi) is 15.2. The molecule has 0 saturated carbocycles. The SMILES string of the molecule is CC(=O)OC(C)C(=O)OC(C)C(=O)OC(C)C(=O)OC(C)C(=O)NC(Cc1ccccc1)C(=O)OCCOCc1ccccc1. The van der Waals surface area contributed by atoms with E-state index in [-0.39, 0.29) is 19.6 Å². The van der Waals surface area contributed by atoms with Crippen molar-refractivity contribution in [2.45, 2.75) is 78.1 Å². The molecule has 0 radical (unpaired) electrons. The van der Waals surface area contributed by atoms with Crippen LogP contribution < -0.4 is 5.32 Å². The van der Waals surface area contributed by atoms with Crippen molar-refractivity contribution in [3.8, 4) is 0 Å². The van der Waals surface area contributed by atoms with Crippen LogP contribution in [0.3, 0.4) is 0 Å². The van der Waals surface area contributed by atoms with Crippen molar-refractivity contribution in [1.82, 2.24) is 5.32 Å². The minimum Gasteiger partial charge on any atom is -0.462 e. The molecular weight excluding hydrogens is 590 g/mol. The quantitative estimate of drug-likeness (QED) is 0.154. The second kappa shape index (κ2) is 18.8. The van der Waals surface area contributed by atoms with Gasteiger partial charge in [0, 0.05) is 13.3 Å². The molecule has 13 nitrogen and oxygen atoms in total. The van der Waals surface area contributed by atoms with Gasteiger partial charge in [0.1, 0.15) is 12.6 Å². The highest BCUT2D eigenvalue weighted by atomic mass is 16.6. The van der Waals surface area contributed by atoms with E-state index in [9.17, 15) is 28.8 Å². The van der Waals surface area contributed by atoms with E-state index in [1.54, 1.807) is 24.3 Å². The molecule has 1 N–H and O–H groups in total. The third-order valence-electron chi connectivity index (χ3n) is 6.05. The van der Waals surface area contributed by atoms with Crippen LogP contribution >= 0.6 is 0 Å². The van der Waals surface area contributed by atoms with Crippen molar-refractivity contribution in [1.29, 1.82) is 0 Å². The van der Waals surface area contributed by atoms with Crippen molar-refractivity contribution in [3.63, 3.8) is 0 Å². The fourth-order valence-corrected chi connectivity index (χ4v) is 3.66. The van der Waals surface area contributed by atoms with Crippen LogP contribution in [0.25, 0.3) is 0 Å². The predicted octanol–water partition coefficient (Wildman–Crippen LogP) is 2.22. The highest BCUT2D eigenvalue weighted by Crippen LogP contribution is 2.09. The minimum atomic E-state index is -1.47. The number of benzene rings is 2. The summed E-state index contributed by atoms with van der Waals surface area (Å²) in [6.45, 7) is 6.50. The molecule has 0 aliphatic carbocycles. The van der Waals surface area contributed by atoms with Crippen LogP contribution in [0.5, 0.6) is 0 Å². The third-order valence-corrected chi connectivity index (χ3v) is 6.05. The molecule has 1 amide bonds. The van der Waals surface area contributed by atoms with Gasteiger partial charge in [-0.2, -0.15) is 0 Å². The van der Waals surface area contributed by atoms with Crippen molar-refractivity contribution in [3.05, 3.63) is 71.8 Å². The number of ether oxygens (including phenoxy) is 6. The van der Waals surface area contributed by atoms with Crippen molar-refractivity contribution < 1.29 is 57.2 Å². The molecule has 5 atom stereocenters. The van der Waals surface area contributed by atoms with E-state index in [4.69, 9.17) is 23.7 Å². The number of hydrogen-bond donors (Lipinski definition) is 1. The fraction of sp³-hybridized carbons (Fsp3) is 0.438. The van der Waals surface area contributed by atoms with E-state index < -0.39 is 66.2 Å². The number of hydrogen-bond acceptors (Lipinski definition) is 12. The Morgan fingerprint density at radius 1 is 0.600 bits per heavy atom. The average Bonchev–Trinajstić information content (AvgIpc) is 3.00. The van der Waals surface area contributed by atoms with Gasteiger partial charge in [0.05, 0.1) is 13.2 Å². The summed E-state index contributed by atoms with van der Waals surface area (Å²) in [6, 6.07) is 17.3. The summed E-state index contributed by atoms with van der Waals surface area (Å²) >= 11 is 0. The number of rotatable bonds is 17. The number of esters is 5. The molecule has 0 fully saturated rings.